The Morgan fingerprint density at radius 2 is 1.37 bits per heavy atom. The molecule has 0 spiro atoms. The topological polar surface area (TPSA) is 32.3 Å². The summed E-state index contributed by atoms with van der Waals surface area (Å²) in [5, 5.41) is 3.05. The standard InChI is InChI=1S/C24H26N2O/c1-26(2)18-23-11-7-6-10-22(23)17-25-24(27)16-19-12-14-21(15-13-19)20-8-4-3-5-9-20/h3-15H,16-18H2,1-2H3,(H,25,27). The minimum absolute atomic E-state index is 0.0436. The lowest BCUT2D eigenvalue weighted by molar-refractivity contribution is -0.120. The highest BCUT2D eigenvalue weighted by Crippen LogP contribution is 2.19. The van der Waals surface area contributed by atoms with Crippen molar-refractivity contribution in [2.45, 2.75) is 19.5 Å². The zero-order chi connectivity index (χ0) is 19.1. The summed E-state index contributed by atoms with van der Waals surface area (Å²) < 4.78 is 0. The van der Waals surface area contributed by atoms with Crippen molar-refractivity contribution in [2.24, 2.45) is 0 Å². The maximum atomic E-state index is 12.4. The minimum Gasteiger partial charge on any atom is -0.352 e. The van der Waals surface area contributed by atoms with E-state index in [4.69, 9.17) is 0 Å². The highest BCUT2D eigenvalue weighted by atomic mass is 16.1. The van der Waals surface area contributed by atoms with E-state index < -0.39 is 0 Å². The first-order chi connectivity index (χ1) is 13.1. The van der Waals surface area contributed by atoms with Gasteiger partial charge in [-0.05, 0) is 41.9 Å². The van der Waals surface area contributed by atoms with E-state index in [0.717, 1.165) is 17.7 Å². The van der Waals surface area contributed by atoms with E-state index >= 15 is 0 Å². The average Bonchev–Trinajstić information content (AvgIpc) is 2.68. The molecule has 1 amide bonds. The third-order valence-corrected chi connectivity index (χ3v) is 4.51. The van der Waals surface area contributed by atoms with Crippen LogP contribution in [-0.4, -0.2) is 24.9 Å². The molecular weight excluding hydrogens is 332 g/mol. The Labute approximate surface area is 161 Å². The zero-order valence-electron chi connectivity index (χ0n) is 16.0. The van der Waals surface area contributed by atoms with E-state index in [1.54, 1.807) is 0 Å². The van der Waals surface area contributed by atoms with Gasteiger partial charge >= 0.3 is 0 Å². The molecule has 3 aromatic carbocycles. The van der Waals surface area contributed by atoms with Crippen molar-refractivity contribution in [3.63, 3.8) is 0 Å². The minimum atomic E-state index is 0.0436. The number of amides is 1. The Kier molecular flexibility index (Phi) is 6.39. The highest BCUT2D eigenvalue weighted by Gasteiger charge is 2.07. The van der Waals surface area contributed by atoms with Crippen molar-refractivity contribution < 1.29 is 4.79 Å². The molecule has 0 atom stereocenters. The molecule has 3 nitrogen and oxygen atoms in total. The lowest BCUT2D eigenvalue weighted by atomic mass is 10.0. The fourth-order valence-corrected chi connectivity index (χ4v) is 3.11. The summed E-state index contributed by atoms with van der Waals surface area (Å²) in [5.41, 5.74) is 5.78. The Morgan fingerprint density at radius 1 is 0.778 bits per heavy atom. The fourth-order valence-electron chi connectivity index (χ4n) is 3.11. The number of nitrogens with zero attached hydrogens (tertiary/aromatic N) is 1. The molecule has 3 aromatic rings. The molecule has 27 heavy (non-hydrogen) atoms. The summed E-state index contributed by atoms with van der Waals surface area (Å²) in [6, 6.07) is 26.7. The first kappa shape index (κ1) is 18.9. The Hall–Kier alpha value is -2.91. The van der Waals surface area contributed by atoms with Crippen LogP contribution in [0.2, 0.25) is 0 Å². The number of hydrogen-bond acceptors (Lipinski definition) is 2. The summed E-state index contributed by atoms with van der Waals surface area (Å²) in [6.07, 6.45) is 0.394. The predicted octanol–water partition coefficient (Wildman–Crippen LogP) is 4.27. The number of carbonyl (C=O) groups is 1. The van der Waals surface area contributed by atoms with Crippen LogP contribution in [0.25, 0.3) is 11.1 Å². The Morgan fingerprint density at radius 3 is 2.04 bits per heavy atom. The van der Waals surface area contributed by atoms with E-state index in [-0.39, 0.29) is 5.91 Å². The molecule has 0 unspecified atom stereocenters. The normalized spacial score (nSPS) is 10.8. The quantitative estimate of drug-likeness (QED) is 0.684. The third-order valence-electron chi connectivity index (χ3n) is 4.51. The van der Waals surface area contributed by atoms with Crippen molar-refractivity contribution in [3.05, 3.63) is 95.6 Å². The first-order valence-electron chi connectivity index (χ1n) is 9.24. The molecule has 3 rings (SSSR count). The van der Waals surface area contributed by atoms with Crippen LogP contribution in [0.5, 0.6) is 0 Å². The molecule has 0 aliphatic rings. The Bertz CT molecular complexity index is 870. The van der Waals surface area contributed by atoms with E-state index in [2.05, 4.69) is 60.7 Å². The molecule has 138 valence electrons. The molecule has 0 saturated carbocycles. The molecule has 1 N–H and O–H groups in total. The number of hydrogen-bond donors (Lipinski definition) is 1. The number of carbonyl (C=O) groups excluding carboxylic acids is 1. The first-order valence-corrected chi connectivity index (χ1v) is 9.24. The van der Waals surface area contributed by atoms with Gasteiger partial charge in [0.25, 0.3) is 0 Å². The van der Waals surface area contributed by atoms with Gasteiger partial charge in [-0.3, -0.25) is 4.79 Å². The van der Waals surface area contributed by atoms with E-state index in [1.807, 2.05) is 42.5 Å². The molecule has 0 heterocycles. The van der Waals surface area contributed by atoms with Crippen LogP contribution in [0.3, 0.4) is 0 Å². The summed E-state index contributed by atoms with van der Waals surface area (Å²) >= 11 is 0. The van der Waals surface area contributed by atoms with Crippen LogP contribution in [0.1, 0.15) is 16.7 Å². The molecule has 0 radical (unpaired) electrons. The average molecular weight is 358 g/mol. The van der Waals surface area contributed by atoms with Crippen LogP contribution in [0.4, 0.5) is 0 Å². The van der Waals surface area contributed by atoms with Crippen molar-refractivity contribution in [1.29, 1.82) is 0 Å². The highest BCUT2D eigenvalue weighted by molar-refractivity contribution is 5.79. The number of rotatable bonds is 7. The van der Waals surface area contributed by atoms with E-state index in [1.165, 1.54) is 16.7 Å². The van der Waals surface area contributed by atoms with Gasteiger partial charge in [0.15, 0.2) is 0 Å². The van der Waals surface area contributed by atoms with Gasteiger partial charge in [-0.1, -0.05) is 78.9 Å². The molecular formula is C24H26N2O. The molecule has 0 fully saturated rings. The van der Waals surface area contributed by atoms with E-state index in [9.17, 15) is 4.79 Å². The predicted molar refractivity (Wildman–Crippen MR) is 111 cm³/mol. The fraction of sp³-hybridized carbons (Fsp3) is 0.208. The molecule has 0 aliphatic heterocycles. The van der Waals surface area contributed by atoms with Crippen LogP contribution in [-0.2, 0) is 24.3 Å². The van der Waals surface area contributed by atoms with Crippen LogP contribution < -0.4 is 5.32 Å². The lowest BCUT2D eigenvalue weighted by Gasteiger charge is -2.14. The SMILES string of the molecule is CN(C)Cc1ccccc1CNC(=O)Cc1ccc(-c2ccccc2)cc1. The smallest absolute Gasteiger partial charge is 0.224 e. The van der Waals surface area contributed by atoms with Gasteiger partial charge < -0.3 is 10.2 Å². The second-order valence-electron chi connectivity index (χ2n) is 7.02. The molecule has 0 saturated heterocycles. The summed E-state index contributed by atoms with van der Waals surface area (Å²) in [7, 11) is 4.10. The molecule has 0 aromatic heterocycles. The molecule has 0 aliphatic carbocycles. The summed E-state index contributed by atoms with van der Waals surface area (Å²) in [6.45, 7) is 1.43. The van der Waals surface area contributed by atoms with Crippen molar-refractivity contribution >= 4 is 5.91 Å². The van der Waals surface area contributed by atoms with Crippen molar-refractivity contribution in [1.82, 2.24) is 10.2 Å². The van der Waals surface area contributed by atoms with Gasteiger partial charge in [0, 0.05) is 13.1 Å². The van der Waals surface area contributed by atoms with Crippen LogP contribution in [0.15, 0.2) is 78.9 Å². The van der Waals surface area contributed by atoms with Gasteiger partial charge in [-0.25, -0.2) is 0 Å². The maximum Gasteiger partial charge on any atom is 0.224 e. The second kappa shape index (κ2) is 9.15. The largest absolute Gasteiger partial charge is 0.352 e. The van der Waals surface area contributed by atoms with E-state index in [0.29, 0.717) is 13.0 Å². The van der Waals surface area contributed by atoms with Crippen molar-refractivity contribution in [3.8, 4) is 11.1 Å². The van der Waals surface area contributed by atoms with Gasteiger partial charge in [0.2, 0.25) is 5.91 Å². The lowest BCUT2D eigenvalue weighted by Crippen LogP contribution is -2.25. The van der Waals surface area contributed by atoms with Gasteiger partial charge in [-0.15, -0.1) is 0 Å². The maximum absolute atomic E-state index is 12.4. The second-order valence-corrected chi connectivity index (χ2v) is 7.02. The van der Waals surface area contributed by atoms with Crippen LogP contribution in [0, 0.1) is 0 Å². The van der Waals surface area contributed by atoms with Gasteiger partial charge in [-0.2, -0.15) is 0 Å². The monoisotopic (exact) mass is 358 g/mol. The molecule has 3 heteroatoms. The van der Waals surface area contributed by atoms with Crippen LogP contribution >= 0.6 is 0 Å². The number of benzene rings is 3. The zero-order valence-corrected chi connectivity index (χ0v) is 16.0. The third kappa shape index (κ3) is 5.53. The van der Waals surface area contributed by atoms with Gasteiger partial charge in [0.05, 0.1) is 6.42 Å². The molecule has 0 bridgehead atoms. The summed E-state index contributed by atoms with van der Waals surface area (Å²) in [4.78, 5) is 14.5. The summed E-state index contributed by atoms with van der Waals surface area (Å²) in [5.74, 6) is 0.0436. The Balaban J connectivity index is 1.57. The van der Waals surface area contributed by atoms with Gasteiger partial charge in [0.1, 0.15) is 0 Å². The van der Waals surface area contributed by atoms with Crippen molar-refractivity contribution in [2.75, 3.05) is 14.1 Å². The number of nitrogens with one attached hydrogen (secondary N) is 1.